The molecule has 102 valence electrons. The maximum Gasteiger partial charge on any atom is 0.119 e. The van der Waals surface area contributed by atoms with Gasteiger partial charge in [0.05, 0.1) is 6.61 Å². The summed E-state index contributed by atoms with van der Waals surface area (Å²) in [6, 6.07) is 8.87. The van der Waals surface area contributed by atoms with Crippen LogP contribution in [0.2, 0.25) is 0 Å². The molecule has 2 atom stereocenters. The van der Waals surface area contributed by atoms with Crippen LogP contribution in [0.1, 0.15) is 51.6 Å². The van der Waals surface area contributed by atoms with E-state index in [2.05, 4.69) is 37.4 Å². The topological polar surface area (TPSA) is 21.3 Å². The third kappa shape index (κ3) is 4.34. The van der Waals surface area contributed by atoms with Crippen LogP contribution >= 0.6 is 0 Å². The number of hydrogen-bond donors (Lipinski definition) is 1. The van der Waals surface area contributed by atoms with Crippen LogP contribution in [0, 0.1) is 5.92 Å². The molecule has 0 aliphatic rings. The summed E-state index contributed by atoms with van der Waals surface area (Å²) >= 11 is 0. The van der Waals surface area contributed by atoms with Crippen molar-refractivity contribution in [2.45, 2.75) is 46.1 Å². The highest BCUT2D eigenvalue weighted by atomic mass is 16.5. The smallest absolute Gasteiger partial charge is 0.119 e. The van der Waals surface area contributed by atoms with Crippen LogP contribution < -0.4 is 10.1 Å². The first-order valence-electron chi connectivity index (χ1n) is 7.12. The molecule has 2 heteroatoms. The molecular formula is C16H27NO. The van der Waals surface area contributed by atoms with Gasteiger partial charge >= 0.3 is 0 Å². The van der Waals surface area contributed by atoms with E-state index in [1.807, 2.05) is 20.0 Å². The number of unbranched alkanes of at least 4 members (excludes halogenated alkanes) is 1. The molecule has 0 spiro atoms. The summed E-state index contributed by atoms with van der Waals surface area (Å²) in [5.74, 6) is 1.62. The Morgan fingerprint density at radius 1 is 1.28 bits per heavy atom. The molecule has 2 nitrogen and oxygen atoms in total. The van der Waals surface area contributed by atoms with Gasteiger partial charge in [0, 0.05) is 6.04 Å². The third-order valence-electron chi connectivity index (χ3n) is 3.42. The number of benzene rings is 1. The van der Waals surface area contributed by atoms with Crippen molar-refractivity contribution in [3.63, 3.8) is 0 Å². The van der Waals surface area contributed by atoms with Crippen LogP contribution in [-0.2, 0) is 0 Å². The Morgan fingerprint density at radius 3 is 2.67 bits per heavy atom. The largest absolute Gasteiger partial charge is 0.494 e. The highest BCUT2D eigenvalue weighted by Crippen LogP contribution is 2.28. The van der Waals surface area contributed by atoms with E-state index >= 15 is 0 Å². The maximum absolute atomic E-state index is 5.57. The van der Waals surface area contributed by atoms with Gasteiger partial charge in [-0.1, -0.05) is 38.8 Å². The summed E-state index contributed by atoms with van der Waals surface area (Å²) in [6.07, 6.45) is 3.82. The molecular weight excluding hydrogens is 222 g/mol. The molecule has 1 N–H and O–H groups in total. The van der Waals surface area contributed by atoms with E-state index in [1.165, 1.54) is 24.8 Å². The van der Waals surface area contributed by atoms with Gasteiger partial charge < -0.3 is 10.1 Å². The van der Waals surface area contributed by atoms with Gasteiger partial charge in [-0.2, -0.15) is 0 Å². The van der Waals surface area contributed by atoms with E-state index in [-0.39, 0.29) is 0 Å². The lowest BCUT2D eigenvalue weighted by atomic mass is 9.90. The van der Waals surface area contributed by atoms with Gasteiger partial charge in [0.25, 0.3) is 0 Å². The van der Waals surface area contributed by atoms with Gasteiger partial charge in [-0.3, -0.25) is 0 Å². The zero-order valence-corrected chi connectivity index (χ0v) is 12.2. The number of ether oxygens (including phenoxy) is 1. The summed E-state index contributed by atoms with van der Waals surface area (Å²) in [4.78, 5) is 0. The monoisotopic (exact) mass is 249 g/mol. The molecule has 0 aliphatic carbocycles. The van der Waals surface area contributed by atoms with Crippen LogP contribution in [0.3, 0.4) is 0 Å². The van der Waals surface area contributed by atoms with Crippen molar-refractivity contribution < 1.29 is 4.74 Å². The Hall–Kier alpha value is -1.02. The second-order valence-electron chi connectivity index (χ2n) is 4.89. The Morgan fingerprint density at radius 2 is 2.06 bits per heavy atom. The first-order valence-corrected chi connectivity index (χ1v) is 7.12. The summed E-state index contributed by atoms with van der Waals surface area (Å²) in [5.41, 5.74) is 1.33. The lowest BCUT2D eigenvalue weighted by Gasteiger charge is -2.24. The fourth-order valence-corrected chi connectivity index (χ4v) is 2.44. The first-order chi connectivity index (χ1) is 8.72. The highest BCUT2D eigenvalue weighted by Gasteiger charge is 2.17. The van der Waals surface area contributed by atoms with Crippen LogP contribution in [0.5, 0.6) is 5.75 Å². The van der Waals surface area contributed by atoms with E-state index < -0.39 is 0 Å². The summed E-state index contributed by atoms with van der Waals surface area (Å²) in [6.45, 7) is 7.31. The molecule has 1 aromatic rings. The molecule has 2 unspecified atom stereocenters. The predicted molar refractivity (Wildman–Crippen MR) is 78.1 cm³/mol. The van der Waals surface area contributed by atoms with Crippen molar-refractivity contribution >= 4 is 0 Å². The summed E-state index contributed by atoms with van der Waals surface area (Å²) in [5, 5.41) is 3.44. The van der Waals surface area contributed by atoms with Crippen molar-refractivity contribution in [3.8, 4) is 5.75 Å². The highest BCUT2D eigenvalue weighted by molar-refractivity contribution is 5.30. The average Bonchev–Trinajstić information content (AvgIpc) is 2.38. The number of rotatable bonds is 8. The summed E-state index contributed by atoms with van der Waals surface area (Å²) in [7, 11) is 2.04. The second-order valence-corrected chi connectivity index (χ2v) is 4.89. The zero-order chi connectivity index (χ0) is 13.4. The molecule has 18 heavy (non-hydrogen) atoms. The summed E-state index contributed by atoms with van der Waals surface area (Å²) < 4.78 is 5.57. The standard InChI is InChI=1S/C16H27NO/c1-5-7-9-13(3)16(17-4)14-10-8-11-15(12-14)18-6-2/h8,10-13,16-17H,5-7,9H2,1-4H3. The maximum atomic E-state index is 5.57. The van der Waals surface area contributed by atoms with Crippen molar-refractivity contribution in [2.24, 2.45) is 5.92 Å². The molecule has 0 aliphatic heterocycles. The molecule has 0 fully saturated rings. The average molecular weight is 249 g/mol. The van der Waals surface area contributed by atoms with Crippen LogP contribution in [0.4, 0.5) is 0 Å². The van der Waals surface area contributed by atoms with E-state index in [1.54, 1.807) is 0 Å². The minimum atomic E-state index is 0.414. The van der Waals surface area contributed by atoms with Gasteiger partial charge in [0.15, 0.2) is 0 Å². The predicted octanol–water partition coefficient (Wildman–Crippen LogP) is 4.17. The first kappa shape index (κ1) is 15.0. The normalized spacial score (nSPS) is 14.2. The molecule has 0 amide bonds. The van der Waals surface area contributed by atoms with Crippen molar-refractivity contribution in [3.05, 3.63) is 29.8 Å². The van der Waals surface area contributed by atoms with Crippen LogP contribution in [0.25, 0.3) is 0 Å². The SMILES string of the molecule is CCCCC(C)C(NC)c1cccc(OCC)c1. The fraction of sp³-hybridized carbons (Fsp3) is 0.625. The molecule has 1 aromatic carbocycles. The molecule has 0 heterocycles. The number of nitrogens with one attached hydrogen (secondary N) is 1. The minimum absolute atomic E-state index is 0.414. The quantitative estimate of drug-likeness (QED) is 0.746. The Bertz CT molecular complexity index is 338. The number of hydrogen-bond acceptors (Lipinski definition) is 2. The molecule has 0 saturated heterocycles. The molecule has 1 rings (SSSR count). The van der Waals surface area contributed by atoms with E-state index in [9.17, 15) is 0 Å². The van der Waals surface area contributed by atoms with Gasteiger partial charge in [0.2, 0.25) is 0 Å². The van der Waals surface area contributed by atoms with Crippen LogP contribution in [0.15, 0.2) is 24.3 Å². The van der Waals surface area contributed by atoms with E-state index in [4.69, 9.17) is 4.74 Å². The minimum Gasteiger partial charge on any atom is -0.494 e. The molecule has 0 aromatic heterocycles. The van der Waals surface area contributed by atoms with Gasteiger partial charge in [-0.25, -0.2) is 0 Å². The zero-order valence-electron chi connectivity index (χ0n) is 12.2. The molecule has 0 saturated carbocycles. The van der Waals surface area contributed by atoms with E-state index in [0.29, 0.717) is 12.0 Å². The van der Waals surface area contributed by atoms with Gasteiger partial charge in [-0.05, 0) is 44.0 Å². The lowest BCUT2D eigenvalue weighted by molar-refractivity contribution is 0.336. The Kier molecular flexibility index (Phi) is 6.81. The van der Waals surface area contributed by atoms with Crippen molar-refractivity contribution in [2.75, 3.05) is 13.7 Å². The van der Waals surface area contributed by atoms with Crippen molar-refractivity contribution in [1.29, 1.82) is 0 Å². The van der Waals surface area contributed by atoms with Crippen LogP contribution in [-0.4, -0.2) is 13.7 Å². The Labute approximate surface area is 112 Å². The van der Waals surface area contributed by atoms with Crippen molar-refractivity contribution in [1.82, 2.24) is 5.32 Å². The third-order valence-corrected chi connectivity index (χ3v) is 3.42. The van der Waals surface area contributed by atoms with Gasteiger partial charge in [-0.15, -0.1) is 0 Å². The Balaban J connectivity index is 2.77. The van der Waals surface area contributed by atoms with E-state index in [0.717, 1.165) is 12.4 Å². The molecule has 0 radical (unpaired) electrons. The fourth-order valence-electron chi connectivity index (χ4n) is 2.44. The molecule has 0 bridgehead atoms. The second kappa shape index (κ2) is 8.15. The van der Waals surface area contributed by atoms with Gasteiger partial charge in [0.1, 0.15) is 5.75 Å². The lowest BCUT2D eigenvalue weighted by Crippen LogP contribution is -2.23.